The molecule has 18 heavy (non-hydrogen) atoms. The first-order chi connectivity index (χ1) is 8.86. The molecule has 0 aromatic rings. The molecule has 2 aliphatic carbocycles. The standard InChI is InChI=1S/C17H30O/c1-2-13-12-16(13)8-7-14-5-6-15(14)9-10-17-4-3-11-18-17/h13-17H,2-12H2,1H3. The van der Waals surface area contributed by atoms with Gasteiger partial charge in [0.25, 0.3) is 0 Å². The van der Waals surface area contributed by atoms with Crippen molar-refractivity contribution in [2.75, 3.05) is 6.61 Å². The lowest BCUT2D eigenvalue weighted by Gasteiger charge is -2.37. The van der Waals surface area contributed by atoms with Crippen molar-refractivity contribution in [3.8, 4) is 0 Å². The van der Waals surface area contributed by atoms with Gasteiger partial charge in [-0.05, 0) is 81.5 Å². The van der Waals surface area contributed by atoms with Gasteiger partial charge in [-0.2, -0.15) is 0 Å². The molecule has 5 unspecified atom stereocenters. The van der Waals surface area contributed by atoms with Crippen molar-refractivity contribution in [3.05, 3.63) is 0 Å². The smallest absolute Gasteiger partial charge is 0.0576 e. The fraction of sp³-hybridized carbons (Fsp3) is 1.00. The summed E-state index contributed by atoms with van der Waals surface area (Å²) >= 11 is 0. The quantitative estimate of drug-likeness (QED) is 0.631. The minimum Gasteiger partial charge on any atom is -0.378 e. The third kappa shape index (κ3) is 3.10. The zero-order valence-electron chi connectivity index (χ0n) is 12.1. The topological polar surface area (TPSA) is 9.23 Å². The van der Waals surface area contributed by atoms with Crippen molar-refractivity contribution in [1.82, 2.24) is 0 Å². The highest BCUT2D eigenvalue weighted by atomic mass is 16.5. The zero-order chi connectivity index (χ0) is 12.4. The predicted molar refractivity (Wildman–Crippen MR) is 75.5 cm³/mol. The maximum absolute atomic E-state index is 5.74. The molecule has 0 N–H and O–H groups in total. The Kier molecular flexibility index (Phi) is 4.28. The van der Waals surface area contributed by atoms with Crippen LogP contribution in [0.1, 0.15) is 71.1 Å². The predicted octanol–water partition coefficient (Wildman–Crippen LogP) is 4.80. The normalized spacial score (nSPS) is 42.8. The minimum absolute atomic E-state index is 0.624. The van der Waals surface area contributed by atoms with Crippen LogP contribution in [0.2, 0.25) is 0 Å². The lowest BCUT2D eigenvalue weighted by molar-refractivity contribution is 0.0767. The van der Waals surface area contributed by atoms with Crippen LogP contribution >= 0.6 is 0 Å². The molecule has 0 bridgehead atoms. The van der Waals surface area contributed by atoms with Crippen LogP contribution in [0.25, 0.3) is 0 Å². The summed E-state index contributed by atoms with van der Waals surface area (Å²) in [6, 6.07) is 0. The molecule has 0 spiro atoms. The summed E-state index contributed by atoms with van der Waals surface area (Å²) < 4.78 is 5.74. The van der Waals surface area contributed by atoms with Crippen LogP contribution < -0.4 is 0 Å². The van der Waals surface area contributed by atoms with Gasteiger partial charge in [0.15, 0.2) is 0 Å². The third-order valence-electron chi connectivity index (χ3n) is 5.96. The van der Waals surface area contributed by atoms with Gasteiger partial charge in [-0.3, -0.25) is 0 Å². The van der Waals surface area contributed by atoms with E-state index in [4.69, 9.17) is 4.74 Å². The third-order valence-corrected chi connectivity index (χ3v) is 5.96. The Balaban J connectivity index is 1.29. The summed E-state index contributed by atoms with van der Waals surface area (Å²) in [5.41, 5.74) is 0. The summed E-state index contributed by atoms with van der Waals surface area (Å²) in [5.74, 6) is 4.38. The average molecular weight is 250 g/mol. The molecule has 104 valence electrons. The Bertz CT molecular complexity index is 256. The molecule has 0 aromatic heterocycles. The molecule has 3 rings (SSSR count). The van der Waals surface area contributed by atoms with Gasteiger partial charge in [0.2, 0.25) is 0 Å². The molecule has 0 amide bonds. The van der Waals surface area contributed by atoms with E-state index in [2.05, 4.69) is 6.92 Å². The zero-order valence-corrected chi connectivity index (χ0v) is 12.1. The largest absolute Gasteiger partial charge is 0.378 e. The molecule has 0 radical (unpaired) electrons. The van der Waals surface area contributed by atoms with Gasteiger partial charge in [-0.25, -0.2) is 0 Å². The fourth-order valence-corrected chi connectivity index (χ4v) is 4.26. The van der Waals surface area contributed by atoms with E-state index < -0.39 is 0 Å². The fourth-order valence-electron chi connectivity index (χ4n) is 4.26. The molecule has 3 aliphatic rings. The summed E-state index contributed by atoms with van der Waals surface area (Å²) in [4.78, 5) is 0. The van der Waals surface area contributed by atoms with Crippen LogP contribution in [0.15, 0.2) is 0 Å². The van der Waals surface area contributed by atoms with E-state index in [0.29, 0.717) is 6.10 Å². The van der Waals surface area contributed by atoms with Crippen molar-refractivity contribution in [2.45, 2.75) is 77.2 Å². The van der Waals surface area contributed by atoms with Gasteiger partial charge >= 0.3 is 0 Å². The van der Waals surface area contributed by atoms with E-state index in [1.54, 1.807) is 12.8 Å². The second-order valence-corrected chi connectivity index (χ2v) is 7.05. The first-order valence-electron chi connectivity index (χ1n) is 8.48. The summed E-state index contributed by atoms with van der Waals surface area (Å²) in [5, 5.41) is 0. The molecular weight excluding hydrogens is 220 g/mol. The molecule has 1 heteroatoms. The highest BCUT2D eigenvalue weighted by molar-refractivity contribution is 4.88. The average Bonchev–Trinajstić information content (AvgIpc) is 2.91. The van der Waals surface area contributed by atoms with Crippen molar-refractivity contribution >= 4 is 0 Å². The van der Waals surface area contributed by atoms with Gasteiger partial charge in [0.05, 0.1) is 6.10 Å². The molecule has 3 fully saturated rings. The molecule has 1 saturated heterocycles. The van der Waals surface area contributed by atoms with Crippen LogP contribution in [-0.4, -0.2) is 12.7 Å². The number of rotatable bonds is 7. The minimum atomic E-state index is 0.624. The Labute approximate surface area is 113 Å². The van der Waals surface area contributed by atoms with Crippen molar-refractivity contribution in [2.24, 2.45) is 23.7 Å². The van der Waals surface area contributed by atoms with Crippen LogP contribution in [0.5, 0.6) is 0 Å². The van der Waals surface area contributed by atoms with Gasteiger partial charge in [0, 0.05) is 6.61 Å². The second-order valence-electron chi connectivity index (χ2n) is 7.05. The molecule has 5 atom stereocenters. The molecular formula is C17H30O. The Morgan fingerprint density at radius 2 is 1.56 bits per heavy atom. The highest BCUT2D eigenvalue weighted by Crippen LogP contribution is 2.48. The summed E-state index contributed by atoms with van der Waals surface area (Å²) in [7, 11) is 0. The van der Waals surface area contributed by atoms with E-state index in [-0.39, 0.29) is 0 Å². The maximum Gasteiger partial charge on any atom is 0.0576 e. The van der Waals surface area contributed by atoms with E-state index in [9.17, 15) is 0 Å². The first-order valence-corrected chi connectivity index (χ1v) is 8.48. The van der Waals surface area contributed by atoms with Crippen LogP contribution in [0.4, 0.5) is 0 Å². The van der Waals surface area contributed by atoms with Crippen LogP contribution in [0, 0.1) is 23.7 Å². The lowest BCUT2D eigenvalue weighted by atomic mass is 9.69. The Morgan fingerprint density at radius 1 is 0.833 bits per heavy atom. The van der Waals surface area contributed by atoms with E-state index in [1.165, 1.54) is 51.4 Å². The van der Waals surface area contributed by atoms with E-state index in [0.717, 1.165) is 30.3 Å². The number of ether oxygens (including phenoxy) is 1. The van der Waals surface area contributed by atoms with Gasteiger partial charge in [-0.1, -0.05) is 13.3 Å². The molecule has 0 aromatic carbocycles. The molecule has 1 heterocycles. The number of hydrogen-bond acceptors (Lipinski definition) is 1. The SMILES string of the molecule is CCC1CC1CCC1CCC1CCC1CCCO1. The van der Waals surface area contributed by atoms with Gasteiger partial charge in [0.1, 0.15) is 0 Å². The summed E-state index contributed by atoms with van der Waals surface area (Å²) in [6.07, 6.45) is 15.2. The van der Waals surface area contributed by atoms with E-state index >= 15 is 0 Å². The van der Waals surface area contributed by atoms with Crippen molar-refractivity contribution in [1.29, 1.82) is 0 Å². The molecule has 2 saturated carbocycles. The second kappa shape index (κ2) is 5.94. The highest BCUT2D eigenvalue weighted by Gasteiger charge is 2.37. The van der Waals surface area contributed by atoms with Crippen LogP contribution in [0.3, 0.4) is 0 Å². The first kappa shape index (κ1) is 13.0. The summed E-state index contributed by atoms with van der Waals surface area (Å²) in [6.45, 7) is 3.39. The van der Waals surface area contributed by atoms with E-state index in [1.807, 2.05) is 0 Å². The number of hydrogen-bond donors (Lipinski definition) is 0. The van der Waals surface area contributed by atoms with Crippen molar-refractivity contribution in [3.63, 3.8) is 0 Å². The molecule has 1 aliphatic heterocycles. The monoisotopic (exact) mass is 250 g/mol. The Morgan fingerprint density at radius 3 is 2.11 bits per heavy atom. The van der Waals surface area contributed by atoms with Gasteiger partial charge < -0.3 is 4.74 Å². The molecule has 1 nitrogen and oxygen atoms in total. The van der Waals surface area contributed by atoms with Crippen LogP contribution in [-0.2, 0) is 4.74 Å². The maximum atomic E-state index is 5.74. The Hall–Kier alpha value is -0.0400. The van der Waals surface area contributed by atoms with Crippen molar-refractivity contribution < 1.29 is 4.74 Å². The lowest BCUT2D eigenvalue weighted by Crippen LogP contribution is -2.27. The van der Waals surface area contributed by atoms with Gasteiger partial charge in [-0.15, -0.1) is 0 Å².